The first-order chi connectivity index (χ1) is 7.11. The van der Waals surface area contributed by atoms with Gasteiger partial charge in [0.05, 0.1) is 0 Å². The molecule has 0 aliphatic rings. The van der Waals surface area contributed by atoms with Gasteiger partial charge in [0, 0.05) is 6.04 Å². The first-order valence-corrected chi connectivity index (χ1v) is 5.94. The van der Waals surface area contributed by atoms with Gasteiger partial charge in [-0.3, -0.25) is 0 Å². The number of hydrogen-bond acceptors (Lipinski definition) is 1. The Bertz CT molecular complexity index is 252. The van der Waals surface area contributed by atoms with Gasteiger partial charge in [-0.2, -0.15) is 0 Å². The van der Waals surface area contributed by atoms with Gasteiger partial charge >= 0.3 is 0 Å². The summed E-state index contributed by atoms with van der Waals surface area (Å²) >= 11 is 0. The van der Waals surface area contributed by atoms with E-state index in [1.165, 1.54) is 16.7 Å². The van der Waals surface area contributed by atoms with E-state index in [1.54, 1.807) is 0 Å². The standard InChI is InChI=1S/C10H15N.2C2H6/c1-7-4-5-10(9(3)11)6-8(7)2;2*1-2/h4-6,9H,11H2,1-3H3;2*1-2H3. The molecule has 1 heteroatoms. The van der Waals surface area contributed by atoms with Crippen LogP contribution in [0.15, 0.2) is 18.2 Å². The van der Waals surface area contributed by atoms with Crippen LogP contribution in [0.25, 0.3) is 0 Å². The summed E-state index contributed by atoms with van der Waals surface area (Å²) in [6.07, 6.45) is 0. The summed E-state index contributed by atoms with van der Waals surface area (Å²) in [4.78, 5) is 0. The highest BCUT2D eigenvalue weighted by Gasteiger charge is 1.99. The van der Waals surface area contributed by atoms with Crippen LogP contribution in [0.5, 0.6) is 0 Å². The molecule has 15 heavy (non-hydrogen) atoms. The van der Waals surface area contributed by atoms with Crippen molar-refractivity contribution >= 4 is 0 Å². The summed E-state index contributed by atoms with van der Waals surface area (Å²) in [6.45, 7) is 14.2. The van der Waals surface area contributed by atoms with E-state index in [1.807, 2.05) is 34.6 Å². The van der Waals surface area contributed by atoms with Crippen LogP contribution in [-0.2, 0) is 0 Å². The molecule has 1 nitrogen and oxygen atoms in total. The topological polar surface area (TPSA) is 26.0 Å². The fourth-order valence-electron chi connectivity index (χ4n) is 1.05. The third-order valence-corrected chi connectivity index (χ3v) is 2.06. The molecule has 0 saturated heterocycles. The molecule has 1 aromatic rings. The average Bonchev–Trinajstić information content (AvgIpc) is 2.27. The number of hydrogen-bond donors (Lipinski definition) is 1. The van der Waals surface area contributed by atoms with Crippen LogP contribution >= 0.6 is 0 Å². The third kappa shape index (κ3) is 6.29. The lowest BCUT2D eigenvalue weighted by atomic mass is 10.0. The predicted octanol–water partition coefficient (Wildman–Crippen LogP) is 4.38. The third-order valence-electron chi connectivity index (χ3n) is 2.06. The van der Waals surface area contributed by atoms with Crippen LogP contribution < -0.4 is 5.73 Å². The molecule has 0 spiro atoms. The molecule has 1 unspecified atom stereocenters. The predicted molar refractivity (Wildman–Crippen MR) is 71.2 cm³/mol. The fourth-order valence-corrected chi connectivity index (χ4v) is 1.05. The van der Waals surface area contributed by atoms with Crippen molar-refractivity contribution in [1.82, 2.24) is 0 Å². The lowest BCUT2D eigenvalue weighted by Gasteiger charge is -2.07. The smallest absolute Gasteiger partial charge is 0.0266 e. The summed E-state index contributed by atoms with van der Waals surface area (Å²) in [5.74, 6) is 0. The van der Waals surface area contributed by atoms with Gasteiger partial charge in [-0.25, -0.2) is 0 Å². The van der Waals surface area contributed by atoms with Gasteiger partial charge in [-0.1, -0.05) is 45.9 Å². The SMILES string of the molecule is CC.CC.Cc1ccc(C(C)N)cc1C. The Hall–Kier alpha value is -0.820. The maximum atomic E-state index is 5.73. The Morgan fingerprint density at radius 3 is 1.73 bits per heavy atom. The second-order valence-electron chi connectivity index (χ2n) is 3.13. The molecular formula is C14H27N. The normalized spacial score (nSPS) is 10.4. The summed E-state index contributed by atoms with van der Waals surface area (Å²) in [5, 5.41) is 0. The van der Waals surface area contributed by atoms with Gasteiger partial charge in [-0.15, -0.1) is 0 Å². The summed E-state index contributed by atoms with van der Waals surface area (Å²) in [5.41, 5.74) is 9.60. The highest BCUT2D eigenvalue weighted by Crippen LogP contribution is 2.14. The van der Waals surface area contributed by atoms with Gasteiger partial charge in [0.2, 0.25) is 0 Å². The largest absolute Gasteiger partial charge is 0.324 e. The lowest BCUT2D eigenvalue weighted by Crippen LogP contribution is -2.05. The molecule has 1 rings (SSSR count). The minimum atomic E-state index is 0.147. The number of aryl methyl sites for hydroxylation is 2. The van der Waals surface area contributed by atoms with Crippen molar-refractivity contribution in [2.45, 2.75) is 54.5 Å². The van der Waals surface area contributed by atoms with Gasteiger partial charge in [0.25, 0.3) is 0 Å². The van der Waals surface area contributed by atoms with Crippen LogP contribution in [0.2, 0.25) is 0 Å². The van der Waals surface area contributed by atoms with Crippen molar-refractivity contribution < 1.29 is 0 Å². The molecule has 0 heterocycles. The zero-order chi connectivity index (χ0) is 12.4. The minimum Gasteiger partial charge on any atom is -0.324 e. The molecule has 88 valence electrons. The quantitative estimate of drug-likeness (QED) is 0.730. The molecule has 0 radical (unpaired) electrons. The lowest BCUT2D eigenvalue weighted by molar-refractivity contribution is 0.816. The number of benzene rings is 1. The van der Waals surface area contributed by atoms with Gasteiger partial charge < -0.3 is 5.73 Å². The molecular weight excluding hydrogens is 182 g/mol. The highest BCUT2D eigenvalue weighted by molar-refractivity contribution is 5.31. The second-order valence-corrected chi connectivity index (χ2v) is 3.13. The molecule has 0 fully saturated rings. The fraction of sp³-hybridized carbons (Fsp3) is 0.571. The zero-order valence-corrected chi connectivity index (χ0v) is 11.4. The first-order valence-electron chi connectivity index (χ1n) is 5.94. The van der Waals surface area contributed by atoms with Crippen molar-refractivity contribution in [3.8, 4) is 0 Å². The number of rotatable bonds is 1. The maximum absolute atomic E-state index is 5.73. The Morgan fingerprint density at radius 2 is 1.40 bits per heavy atom. The Kier molecular flexibility index (Phi) is 10.8. The second kappa shape index (κ2) is 9.72. The summed E-state index contributed by atoms with van der Waals surface area (Å²) < 4.78 is 0. The van der Waals surface area contributed by atoms with Crippen LogP contribution in [-0.4, -0.2) is 0 Å². The monoisotopic (exact) mass is 209 g/mol. The van der Waals surface area contributed by atoms with Crippen molar-refractivity contribution in [1.29, 1.82) is 0 Å². The number of nitrogens with two attached hydrogens (primary N) is 1. The van der Waals surface area contributed by atoms with Gasteiger partial charge in [0.1, 0.15) is 0 Å². The highest BCUT2D eigenvalue weighted by atomic mass is 14.6. The zero-order valence-electron chi connectivity index (χ0n) is 11.4. The van der Waals surface area contributed by atoms with Gasteiger partial charge in [-0.05, 0) is 37.5 Å². The van der Waals surface area contributed by atoms with Crippen molar-refractivity contribution in [2.24, 2.45) is 5.73 Å². The summed E-state index contributed by atoms with van der Waals surface area (Å²) in [6, 6.07) is 6.51. The van der Waals surface area contributed by atoms with E-state index in [9.17, 15) is 0 Å². The van der Waals surface area contributed by atoms with Crippen LogP contribution in [0.3, 0.4) is 0 Å². The maximum Gasteiger partial charge on any atom is 0.0266 e. The summed E-state index contributed by atoms with van der Waals surface area (Å²) in [7, 11) is 0. The molecule has 0 aliphatic carbocycles. The van der Waals surface area contributed by atoms with Crippen LogP contribution in [0, 0.1) is 13.8 Å². The van der Waals surface area contributed by atoms with Crippen LogP contribution in [0.4, 0.5) is 0 Å². The molecule has 0 aliphatic heterocycles. The van der Waals surface area contributed by atoms with E-state index >= 15 is 0 Å². The van der Waals surface area contributed by atoms with E-state index in [0.29, 0.717) is 0 Å². The van der Waals surface area contributed by atoms with E-state index in [-0.39, 0.29) is 6.04 Å². The van der Waals surface area contributed by atoms with Crippen LogP contribution in [0.1, 0.15) is 57.4 Å². The van der Waals surface area contributed by atoms with E-state index in [4.69, 9.17) is 5.73 Å². The molecule has 0 aromatic heterocycles. The van der Waals surface area contributed by atoms with E-state index < -0.39 is 0 Å². The molecule has 1 atom stereocenters. The van der Waals surface area contributed by atoms with Crippen molar-refractivity contribution in [2.75, 3.05) is 0 Å². The van der Waals surface area contributed by atoms with E-state index in [2.05, 4.69) is 32.0 Å². The molecule has 0 bridgehead atoms. The molecule has 0 saturated carbocycles. The molecule has 0 amide bonds. The van der Waals surface area contributed by atoms with Crippen molar-refractivity contribution in [3.63, 3.8) is 0 Å². The van der Waals surface area contributed by atoms with Crippen molar-refractivity contribution in [3.05, 3.63) is 34.9 Å². The van der Waals surface area contributed by atoms with Gasteiger partial charge in [0.15, 0.2) is 0 Å². The Balaban J connectivity index is 0. The Morgan fingerprint density at radius 1 is 0.933 bits per heavy atom. The van der Waals surface area contributed by atoms with E-state index in [0.717, 1.165) is 0 Å². The average molecular weight is 209 g/mol. The molecule has 2 N–H and O–H groups in total. The minimum absolute atomic E-state index is 0.147. The Labute approximate surface area is 95.7 Å². The molecule has 1 aromatic carbocycles. The first kappa shape index (κ1) is 16.6.